The molecule has 39 heavy (non-hydrogen) atoms. The van der Waals surface area contributed by atoms with Crippen LogP contribution in [0, 0.1) is 0 Å². The maximum absolute atomic E-state index is 6.64. The van der Waals surface area contributed by atoms with Crippen molar-refractivity contribution in [3.05, 3.63) is 114 Å². The van der Waals surface area contributed by atoms with Crippen molar-refractivity contribution in [2.24, 2.45) is 0 Å². The summed E-state index contributed by atoms with van der Waals surface area (Å²) in [6.07, 6.45) is 0. The Balaban J connectivity index is 1.47. The molecule has 6 heteroatoms. The molecule has 0 saturated heterocycles. The number of rotatable bonds is 3. The largest absolute Gasteiger partial charge is 0.456 e. The van der Waals surface area contributed by atoms with Gasteiger partial charge in [0.1, 0.15) is 22.3 Å². The highest BCUT2D eigenvalue weighted by Gasteiger charge is 2.20. The molecule has 5 aromatic carbocycles. The Morgan fingerprint density at radius 2 is 0.821 bits per heavy atom. The molecule has 8 aromatic rings. The Bertz CT molecular complexity index is 2080. The average Bonchev–Trinajstić information content (AvgIpc) is 3.55. The lowest BCUT2D eigenvalue weighted by Gasteiger charge is -2.10. The van der Waals surface area contributed by atoms with Crippen LogP contribution in [0.25, 0.3) is 78.0 Å². The summed E-state index contributed by atoms with van der Waals surface area (Å²) in [5, 5.41) is 4.50. The molecule has 184 valence electrons. The summed E-state index contributed by atoms with van der Waals surface area (Å²) in [4.78, 5) is 15.0. The maximum Gasteiger partial charge on any atom is 0.165 e. The van der Waals surface area contributed by atoms with Gasteiger partial charge in [-0.1, -0.05) is 84.4 Å². The topological polar surface area (TPSA) is 65.0 Å². The molecule has 0 atom stereocenters. The number of fused-ring (bicyclic) bond motifs is 6. The summed E-state index contributed by atoms with van der Waals surface area (Å²) in [5.41, 5.74) is 5.64. The van der Waals surface area contributed by atoms with E-state index in [0.717, 1.165) is 60.6 Å². The zero-order valence-corrected chi connectivity index (χ0v) is 21.2. The van der Waals surface area contributed by atoms with Crippen LogP contribution in [0.15, 0.2) is 118 Å². The van der Waals surface area contributed by atoms with Crippen molar-refractivity contribution < 1.29 is 8.83 Å². The van der Waals surface area contributed by atoms with E-state index in [-0.39, 0.29) is 0 Å². The summed E-state index contributed by atoms with van der Waals surface area (Å²) in [5.74, 6) is 1.57. The van der Waals surface area contributed by atoms with E-state index in [1.54, 1.807) is 0 Å². The Morgan fingerprint density at radius 1 is 0.410 bits per heavy atom. The van der Waals surface area contributed by atoms with Gasteiger partial charge in [0.2, 0.25) is 0 Å². The number of aromatic nitrogens is 3. The number of nitrogens with zero attached hydrogens (tertiary/aromatic N) is 3. The Morgan fingerprint density at radius 3 is 1.36 bits per heavy atom. The standard InChI is InChI=1S/C33H18ClN3O2/c34-24-14-4-1-9-19(24)31-35-32(22-12-7-17-27-29(22)20-10-2-5-15-25(20)38-27)37-33(36-31)23-13-8-18-28-30(23)21-11-3-6-16-26(21)39-28/h1-18H. The SMILES string of the molecule is Clc1ccccc1-c1nc(-c2cccc3oc4ccccc4c23)nc(-c2cccc3oc4ccccc4c23)n1. The van der Waals surface area contributed by atoms with Crippen molar-refractivity contribution >= 4 is 55.5 Å². The highest BCUT2D eigenvalue weighted by atomic mass is 35.5. The van der Waals surface area contributed by atoms with E-state index in [2.05, 4.69) is 12.1 Å². The second kappa shape index (κ2) is 8.51. The van der Waals surface area contributed by atoms with Gasteiger partial charge < -0.3 is 8.83 Å². The fourth-order valence-electron chi connectivity index (χ4n) is 5.30. The first-order chi connectivity index (χ1) is 19.2. The third-order valence-electron chi connectivity index (χ3n) is 7.04. The molecule has 0 aliphatic carbocycles. The summed E-state index contributed by atoms with van der Waals surface area (Å²) >= 11 is 6.64. The monoisotopic (exact) mass is 523 g/mol. The molecule has 5 nitrogen and oxygen atoms in total. The fourth-order valence-corrected chi connectivity index (χ4v) is 5.52. The minimum Gasteiger partial charge on any atom is -0.456 e. The predicted octanol–water partition coefficient (Wildman–Crippen LogP) is 9.32. The Kier molecular flexibility index (Phi) is 4.81. The predicted molar refractivity (Wildman–Crippen MR) is 156 cm³/mol. The van der Waals surface area contributed by atoms with Gasteiger partial charge in [0.05, 0.1) is 5.02 Å². The van der Waals surface area contributed by atoms with E-state index in [9.17, 15) is 0 Å². The molecule has 0 spiro atoms. The fraction of sp³-hybridized carbons (Fsp3) is 0. The van der Waals surface area contributed by atoms with Gasteiger partial charge in [0.15, 0.2) is 17.5 Å². The number of benzene rings is 5. The van der Waals surface area contributed by atoms with Gasteiger partial charge in [0.25, 0.3) is 0 Å². The molecule has 3 aromatic heterocycles. The molecule has 0 saturated carbocycles. The maximum atomic E-state index is 6.64. The molecular formula is C33H18ClN3O2. The molecule has 0 amide bonds. The quantitative estimate of drug-likeness (QED) is 0.231. The first kappa shape index (κ1) is 22.0. The highest BCUT2D eigenvalue weighted by molar-refractivity contribution is 6.33. The lowest BCUT2D eigenvalue weighted by atomic mass is 10.0. The van der Waals surface area contributed by atoms with Gasteiger partial charge >= 0.3 is 0 Å². The summed E-state index contributed by atoms with van der Waals surface area (Å²) in [6, 6.07) is 35.5. The highest BCUT2D eigenvalue weighted by Crippen LogP contribution is 2.39. The van der Waals surface area contributed by atoms with E-state index in [1.807, 2.05) is 97.1 Å². The van der Waals surface area contributed by atoms with Crippen LogP contribution in [-0.4, -0.2) is 15.0 Å². The van der Waals surface area contributed by atoms with Gasteiger partial charge in [0, 0.05) is 38.2 Å². The van der Waals surface area contributed by atoms with E-state index < -0.39 is 0 Å². The van der Waals surface area contributed by atoms with Gasteiger partial charge in [-0.05, 0) is 36.4 Å². The lowest BCUT2D eigenvalue weighted by molar-refractivity contribution is 0.668. The van der Waals surface area contributed by atoms with Crippen LogP contribution in [-0.2, 0) is 0 Å². The molecule has 0 radical (unpaired) electrons. The van der Waals surface area contributed by atoms with Crippen LogP contribution in [0.4, 0.5) is 0 Å². The molecule has 0 aliphatic heterocycles. The second-order valence-electron chi connectivity index (χ2n) is 9.34. The van der Waals surface area contributed by atoms with Crippen molar-refractivity contribution in [3.8, 4) is 34.2 Å². The van der Waals surface area contributed by atoms with Crippen molar-refractivity contribution in [2.45, 2.75) is 0 Å². The van der Waals surface area contributed by atoms with Crippen molar-refractivity contribution in [1.29, 1.82) is 0 Å². The molecule has 0 unspecified atom stereocenters. The zero-order valence-electron chi connectivity index (χ0n) is 20.4. The average molecular weight is 524 g/mol. The van der Waals surface area contributed by atoms with E-state index >= 15 is 0 Å². The van der Waals surface area contributed by atoms with Crippen LogP contribution in [0.2, 0.25) is 5.02 Å². The van der Waals surface area contributed by atoms with Crippen LogP contribution in [0.1, 0.15) is 0 Å². The molecular weight excluding hydrogens is 506 g/mol. The van der Waals surface area contributed by atoms with Crippen LogP contribution >= 0.6 is 11.6 Å². The van der Waals surface area contributed by atoms with E-state index in [4.69, 9.17) is 35.4 Å². The first-order valence-electron chi connectivity index (χ1n) is 12.6. The number of halogens is 1. The normalized spacial score (nSPS) is 11.7. The number of hydrogen-bond acceptors (Lipinski definition) is 5. The third-order valence-corrected chi connectivity index (χ3v) is 7.37. The number of hydrogen-bond donors (Lipinski definition) is 0. The minimum atomic E-state index is 0.496. The third kappa shape index (κ3) is 3.44. The summed E-state index contributed by atoms with van der Waals surface area (Å²) in [7, 11) is 0. The lowest BCUT2D eigenvalue weighted by Crippen LogP contribution is -2.01. The van der Waals surface area contributed by atoms with Crippen molar-refractivity contribution in [1.82, 2.24) is 15.0 Å². The molecule has 3 heterocycles. The molecule has 0 aliphatic rings. The first-order valence-corrected chi connectivity index (χ1v) is 12.9. The van der Waals surface area contributed by atoms with Crippen molar-refractivity contribution in [3.63, 3.8) is 0 Å². The van der Waals surface area contributed by atoms with Crippen molar-refractivity contribution in [2.75, 3.05) is 0 Å². The second-order valence-corrected chi connectivity index (χ2v) is 9.75. The Hall–Kier alpha value is -5.00. The smallest absolute Gasteiger partial charge is 0.165 e. The van der Waals surface area contributed by atoms with Crippen LogP contribution in [0.3, 0.4) is 0 Å². The molecule has 0 fully saturated rings. The van der Waals surface area contributed by atoms with E-state index in [0.29, 0.717) is 22.5 Å². The summed E-state index contributed by atoms with van der Waals surface area (Å²) in [6.45, 7) is 0. The minimum absolute atomic E-state index is 0.496. The zero-order chi connectivity index (χ0) is 25.9. The van der Waals surface area contributed by atoms with Gasteiger partial charge in [-0.15, -0.1) is 0 Å². The van der Waals surface area contributed by atoms with Crippen LogP contribution < -0.4 is 0 Å². The van der Waals surface area contributed by atoms with Gasteiger partial charge in [-0.2, -0.15) is 0 Å². The summed E-state index contributed by atoms with van der Waals surface area (Å²) < 4.78 is 12.3. The number of para-hydroxylation sites is 2. The Labute approximate surface area is 227 Å². The molecule has 0 bridgehead atoms. The van der Waals surface area contributed by atoms with Crippen LogP contribution in [0.5, 0.6) is 0 Å². The van der Waals surface area contributed by atoms with Gasteiger partial charge in [-0.3, -0.25) is 0 Å². The molecule has 8 rings (SSSR count). The number of furan rings is 2. The van der Waals surface area contributed by atoms with Gasteiger partial charge in [-0.25, -0.2) is 15.0 Å². The van der Waals surface area contributed by atoms with E-state index in [1.165, 1.54) is 0 Å². The molecule has 0 N–H and O–H groups in total.